The van der Waals surface area contributed by atoms with Crippen molar-refractivity contribution < 1.29 is 13.9 Å². The number of carbonyl (C=O) groups excluding carboxylic acids is 1. The zero-order valence-corrected chi connectivity index (χ0v) is 9.57. The molecule has 1 amide bonds. The second-order valence-corrected chi connectivity index (χ2v) is 4.28. The number of hydrogen-bond acceptors (Lipinski definition) is 3. The Bertz CT molecular complexity index is 416. The summed E-state index contributed by atoms with van der Waals surface area (Å²) in [7, 11) is 0. The molecule has 1 heterocycles. The van der Waals surface area contributed by atoms with Crippen molar-refractivity contribution in [3.63, 3.8) is 0 Å². The molecule has 0 bridgehead atoms. The lowest BCUT2D eigenvalue weighted by Crippen LogP contribution is -2.27. The maximum absolute atomic E-state index is 13.1. The summed E-state index contributed by atoms with van der Waals surface area (Å²) in [5.41, 5.74) is 6.12. The van der Waals surface area contributed by atoms with E-state index in [9.17, 15) is 9.18 Å². The third kappa shape index (κ3) is 2.94. The van der Waals surface area contributed by atoms with Gasteiger partial charge in [-0.3, -0.25) is 4.79 Å². The molecule has 5 heteroatoms. The van der Waals surface area contributed by atoms with Crippen LogP contribution < -0.4 is 11.1 Å². The lowest BCUT2D eigenvalue weighted by Gasteiger charge is -2.12. The first-order chi connectivity index (χ1) is 8.04. The van der Waals surface area contributed by atoms with Gasteiger partial charge in [0.15, 0.2) is 0 Å². The number of hydrogen-bond donors (Lipinski definition) is 2. The van der Waals surface area contributed by atoms with Crippen molar-refractivity contribution in [3.05, 3.63) is 24.0 Å². The van der Waals surface area contributed by atoms with E-state index in [-0.39, 0.29) is 17.7 Å². The summed E-state index contributed by atoms with van der Waals surface area (Å²) in [5, 5.41) is 2.60. The van der Waals surface area contributed by atoms with Crippen molar-refractivity contribution in [1.29, 1.82) is 0 Å². The zero-order chi connectivity index (χ0) is 12.4. The highest BCUT2D eigenvalue weighted by atomic mass is 19.1. The number of benzene rings is 1. The van der Waals surface area contributed by atoms with Crippen LogP contribution in [0.25, 0.3) is 0 Å². The first kappa shape index (κ1) is 11.9. The lowest BCUT2D eigenvalue weighted by molar-refractivity contribution is -0.126. The summed E-state index contributed by atoms with van der Waals surface area (Å²) in [6, 6.07) is 3.94. The first-order valence-electron chi connectivity index (χ1n) is 5.57. The SMILES string of the molecule is CC1CCC(C(=O)Nc2cc(N)cc(F)c2)O1. The minimum absolute atomic E-state index is 0.100. The van der Waals surface area contributed by atoms with Crippen LogP contribution in [0.3, 0.4) is 0 Å². The summed E-state index contributed by atoms with van der Waals surface area (Å²) in [4.78, 5) is 11.8. The van der Waals surface area contributed by atoms with E-state index in [0.29, 0.717) is 12.1 Å². The number of ether oxygens (including phenoxy) is 1. The lowest BCUT2D eigenvalue weighted by atomic mass is 10.2. The van der Waals surface area contributed by atoms with Gasteiger partial charge in [-0.25, -0.2) is 4.39 Å². The molecule has 0 aliphatic carbocycles. The van der Waals surface area contributed by atoms with E-state index >= 15 is 0 Å². The van der Waals surface area contributed by atoms with E-state index in [1.54, 1.807) is 0 Å². The number of nitrogens with one attached hydrogen (secondary N) is 1. The average molecular weight is 238 g/mol. The second kappa shape index (κ2) is 4.71. The van der Waals surface area contributed by atoms with Gasteiger partial charge in [-0.2, -0.15) is 0 Å². The van der Waals surface area contributed by atoms with Gasteiger partial charge in [0.2, 0.25) is 0 Å². The highest BCUT2D eigenvalue weighted by molar-refractivity contribution is 5.94. The molecule has 1 aliphatic rings. The zero-order valence-electron chi connectivity index (χ0n) is 9.57. The molecule has 1 fully saturated rings. The minimum Gasteiger partial charge on any atom is -0.399 e. The first-order valence-corrected chi connectivity index (χ1v) is 5.57. The van der Waals surface area contributed by atoms with Crippen LogP contribution in [-0.2, 0) is 9.53 Å². The van der Waals surface area contributed by atoms with Gasteiger partial charge in [0, 0.05) is 11.4 Å². The molecule has 0 aromatic heterocycles. The van der Waals surface area contributed by atoms with Crippen LogP contribution in [0.2, 0.25) is 0 Å². The number of amides is 1. The van der Waals surface area contributed by atoms with Gasteiger partial charge < -0.3 is 15.8 Å². The second-order valence-electron chi connectivity index (χ2n) is 4.28. The Morgan fingerprint density at radius 1 is 1.47 bits per heavy atom. The maximum Gasteiger partial charge on any atom is 0.253 e. The fourth-order valence-corrected chi connectivity index (χ4v) is 1.90. The van der Waals surface area contributed by atoms with E-state index < -0.39 is 11.9 Å². The van der Waals surface area contributed by atoms with E-state index in [4.69, 9.17) is 10.5 Å². The molecule has 1 saturated heterocycles. The third-order valence-corrected chi connectivity index (χ3v) is 2.71. The Hall–Kier alpha value is -1.62. The van der Waals surface area contributed by atoms with Gasteiger partial charge in [0.1, 0.15) is 11.9 Å². The van der Waals surface area contributed by atoms with Crippen LogP contribution in [0, 0.1) is 5.82 Å². The van der Waals surface area contributed by atoms with Crippen LogP contribution in [0.4, 0.5) is 15.8 Å². The van der Waals surface area contributed by atoms with Gasteiger partial charge >= 0.3 is 0 Å². The fraction of sp³-hybridized carbons (Fsp3) is 0.417. The third-order valence-electron chi connectivity index (χ3n) is 2.71. The number of carbonyl (C=O) groups is 1. The molecule has 1 aliphatic heterocycles. The summed E-state index contributed by atoms with van der Waals surface area (Å²) < 4.78 is 18.5. The van der Waals surface area contributed by atoms with Gasteiger partial charge in [-0.15, -0.1) is 0 Å². The largest absolute Gasteiger partial charge is 0.399 e. The molecule has 1 aromatic rings. The van der Waals surface area contributed by atoms with Crippen molar-refractivity contribution in [2.45, 2.75) is 32.0 Å². The van der Waals surface area contributed by atoms with Gasteiger partial charge in [0.05, 0.1) is 6.10 Å². The molecule has 2 atom stereocenters. The summed E-state index contributed by atoms with van der Waals surface area (Å²) >= 11 is 0. The molecule has 1 aromatic carbocycles. The van der Waals surface area contributed by atoms with Crippen LogP contribution in [0.1, 0.15) is 19.8 Å². The molecular formula is C12H15FN2O2. The Kier molecular flexibility index (Phi) is 3.28. The summed E-state index contributed by atoms with van der Waals surface area (Å²) in [5.74, 6) is -0.722. The molecule has 0 radical (unpaired) electrons. The van der Waals surface area contributed by atoms with Crippen molar-refractivity contribution in [2.24, 2.45) is 0 Å². The van der Waals surface area contributed by atoms with Crippen molar-refractivity contribution >= 4 is 17.3 Å². The Balaban J connectivity index is 2.03. The topological polar surface area (TPSA) is 64.4 Å². The standard InChI is InChI=1S/C12H15FN2O2/c1-7-2-3-11(17-7)12(16)15-10-5-8(13)4-9(14)6-10/h4-7,11H,2-3,14H2,1H3,(H,15,16). The molecule has 3 N–H and O–H groups in total. The highest BCUT2D eigenvalue weighted by Crippen LogP contribution is 2.21. The highest BCUT2D eigenvalue weighted by Gasteiger charge is 2.28. The monoisotopic (exact) mass is 238 g/mol. The van der Waals surface area contributed by atoms with E-state index in [1.165, 1.54) is 18.2 Å². The average Bonchev–Trinajstić information content (AvgIpc) is 2.63. The van der Waals surface area contributed by atoms with Crippen molar-refractivity contribution in [3.8, 4) is 0 Å². The van der Waals surface area contributed by atoms with Crippen molar-refractivity contribution in [2.75, 3.05) is 11.1 Å². The molecular weight excluding hydrogens is 223 g/mol. The number of anilines is 2. The minimum atomic E-state index is -0.471. The van der Waals surface area contributed by atoms with Gasteiger partial charge in [-0.1, -0.05) is 0 Å². The molecule has 17 heavy (non-hydrogen) atoms. The predicted molar refractivity (Wildman–Crippen MR) is 63.0 cm³/mol. The Morgan fingerprint density at radius 2 is 2.24 bits per heavy atom. The predicted octanol–water partition coefficient (Wildman–Crippen LogP) is 1.91. The number of nitrogen functional groups attached to an aromatic ring is 1. The molecule has 4 nitrogen and oxygen atoms in total. The Labute approximate surface area is 98.9 Å². The van der Waals surface area contributed by atoms with Crippen LogP contribution >= 0.6 is 0 Å². The van der Waals surface area contributed by atoms with Crippen LogP contribution in [0.15, 0.2) is 18.2 Å². The van der Waals surface area contributed by atoms with E-state index in [1.807, 2.05) is 6.92 Å². The van der Waals surface area contributed by atoms with Crippen molar-refractivity contribution in [1.82, 2.24) is 0 Å². The molecule has 0 saturated carbocycles. The van der Waals surface area contributed by atoms with E-state index in [0.717, 1.165) is 6.42 Å². The number of nitrogens with two attached hydrogens (primary N) is 1. The number of rotatable bonds is 2. The molecule has 0 spiro atoms. The molecule has 2 rings (SSSR count). The fourth-order valence-electron chi connectivity index (χ4n) is 1.90. The summed E-state index contributed by atoms with van der Waals surface area (Å²) in [6.07, 6.45) is 1.21. The Morgan fingerprint density at radius 3 is 2.82 bits per heavy atom. The maximum atomic E-state index is 13.1. The quantitative estimate of drug-likeness (QED) is 0.773. The van der Waals surface area contributed by atoms with Crippen LogP contribution in [0.5, 0.6) is 0 Å². The van der Waals surface area contributed by atoms with Gasteiger partial charge in [-0.05, 0) is 38.0 Å². The normalized spacial score (nSPS) is 23.6. The molecule has 92 valence electrons. The summed E-state index contributed by atoms with van der Waals surface area (Å²) in [6.45, 7) is 1.92. The number of halogens is 1. The molecule has 2 unspecified atom stereocenters. The van der Waals surface area contributed by atoms with E-state index in [2.05, 4.69) is 5.32 Å². The van der Waals surface area contributed by atoms with Crippen LogP contribution in [-0.4, -0.2) is 18.1 Å². The van der Waals surface area contributed by atoms with Gasteiger partial charge in [0.25, 0.3) is 5.91 Å². The smallest absolute Gasteiger partial charge is 0.253 e.